The zero-order valence-corrected chi connectivity index (χ0v) is 14.9. The number of benzene rings is 3. The predicted octanol–water partition coefficient (Wildman–Crippen LogP) is 5.18. The van der Waals surface area contributed by atoms with Gasteiger partial charge in [0.25, 0.3) is 5.91 Å². The van der Waals surface area contributed by atoms with Gasteiger partial charge in [-0.3, -0.25) is 4.79 Å². The Morgan fingerprint density at radius 3 is 2.15 bits per heavy atom. The lowest BCUT2D eigenvalue weighted by Gasteiger charge is -2.10. The van der Waals surface area contributed by atoms with Crippen LogP contribution in [0.2, 0.25) is 0 Å². The van der Waals surface area contributed by atoms with E-state index in [9.17, 15) is 4.79 Å². The summed E-state index contributed by atoms with van der Waals surface area (Å²) < 4.78 is 5.19. The number of anilines is 1. The van der Waals surface area contributed by atoms with Crippen molar-refractivity contribution in [3.8, 4) is 5.75 Å². The fourth-order valence-electron chi connectivity index (χ4n) is 2.60. The standard InChI is InChI=1S/C23H21NO2/c1-17-8-12-20(13-9-17)24-23(25)22(19-6-4-3-5-7-19)16-18-10-14-21(26-2)15-11-18/h3-16H,1-2H3,(H,24,25). The molecular formula is C23H21NO2. The minimum absolute atomic E-state index is 0.143. The van der Waals surface area contributed by atoms with Crippen LogP contribution >= 0.6 is 0 Å². The first kappa shape index (κ1) is 17.5. The normalized spacial score (nSPS) is 11.1. The molecule has 0 heterocycles. The third kappa shape index (κ3) is 4.39. The van der Waals surface area contributed by atoms with E-state index in [1.54, 1.807) is 7.11 Å². The lowest BCUT2D eigenvalue weighted by atomic mass is 10.0. The summed E-state index contributed by atoms with van der Waals surface area (Å²) in [5.41, 5.74) is 4.34. The molecule has 0 fully saturated rings. The van der Waals surface area contributed by atoms with Crippen LogP contribution in [0.3, 0.4) is 0 Å². The van der Waals surface area contributed by atoms with E-state index in [1.165, 1.54) is 0 Å². The third-order valence-electron chi connectivity index (χ3n) is 4.07. The highest BCUT2D eigenvalue weighted by molar-refractivity contribution is 6.29. The van der Waals surface area contributed by atoms with Crippen LogP contribution in [0.4, 0.5) is 5.69 Å². The van der Waals surface area contributed by atoms with Gasteiger partial charge in [0.15, 0.2) is 0 Å². The molecule has 0 unspecified atom stereocenters. The molecule has 0 bridgehead atoms. The second-order valence-corrected chi connectivity index (χ2v) is 6.02. The number of aryl methyl sites for hydroxylation is 1. The number of amides is 1. The van der Waals surface area contributed by atoms with E-state index >= 15 is 0 Å². The van der Waals surface area contributed by atoms with Crippen molar-refractivity contribution in [2.45, 2.75) is 6.92 Å². The summed E-state index contributed by atoms with van der Waals surface area (Å²) in [4.78, 5) is 12.9. The summed E-state index contributed by atoms with van der Waals surface area (Å²) in [6, 6.07) is 25.1. The van der Waals surface area contributed by atoms with Crippen molar-refractivity contribution in [3.63, 3.8) is 0 Å². The number of ether oxygens (including phenoxy) is 1. The van der Waals surface area contributed by atoms with Crippen molar-refractivity contribution in [2.24, 2.45) is 0 Å². The average molecular weight is 343 g/mol. The van der Waals surface area contributed by atoms with Gasteiger partial charge in [0.05, 0.1) is 7.11 Å². The first-order valence-electron chi connectivity index (χ1n) is 8.45. The van der Waals surface area contributed by atoms with Crippen LogP contribution < -0.4 is 10.1 Å². The van der Waals surface area contributed by atoms with Gasteiger partial charge in [0.2, 0.25) is 0 Å². The summed E-state index contributed by atoms with van der Waals surface area (Å²) in [7, 11) is 1.63. The Bertz CT molecular complexity index is 895. The Morgan fingerprint density at radius 1 is 0.885 bits per heavy atom. The van der Waals surface area contributed by atoms with Crippen LogP contribution in [0.1, 0.15) is 16.7 Å². The molecule has 0 aliphatic heterocycles. The quantitative estimate of drug-likeness (QED) is 0.512. The van der Waals surface area contributed by atoms with Gasteiger partial charge < -0.3 is 10.1 Å². The Labute approximate surface area is 154 Å². The zero-order valence-electron chi connectivity index (χ0n) is 14.9. The first-order chi connectivity index (χ1) is 12.7. The molecule has 0 spiro atoms. The van der Waals surface area contributed by atoms with Crippen LogP contribution in [0.25, 0.3) is 11.6 Å². The number of nitrogens with one attached hydrogen (secondary N) is 1. The topological polar surface area (TPSA) is 38.3 Å². The summed E-state index contributed by atoms with van der Waals surface area (Å²) in [5, 5.41) is 2.98. The maximum Gasteiger partial charge on any atom is 0.256 e. The molecule has 0 atom stereocenters. The van der Waals surface area contributed by atoms with Crippen LogP contribution in [0.5, 0.6) is 5.75 Å². The van der Waals surface area contributed by atoms with Gasteiger partial charge in [0, 0.05) is 11.3 Å². The molecule has 0 aliphatic carbocycles. The monoisotopic (exact) mass is 343 g/mol. The van der Waals surface area contributed by atoms with Crippen LogP contribution in [0, 0.1) is 6.92 Å². The predicted molar refractivity (Wildman–Crippen MR) is 107 cm³/mol. The van der Waals surface area contributed by atoms with Gasteiger partial charge in [-0.2, -0.15) is 0 Å². The Morgan fingerprint density at radius 2 is 1.54 bits per heavy atom. The fourth-order valence-corrected chi connectivity index (χ4v) is 2.60. The number of rotatable bonds is 5. The molecular weight excluding hydrogens is 322 g/mol. The highest BCUT2D eigenvalue weighted by atomic mass is 16.5. The van der Waals surface area contributed by atoms with E-state index in [0.717, 1.165) is 28.1 Å². The largest absolute Gasteiger partial charge is 0.497 e. The summed E-state index contributed by atoms with van der Waals surface area (Å²) in [6.07, 6.45) is 1.89. The molecule has 3 nitrogen and oxygen atoms in total. The van der Waals surface area contributed by atoms with Gasteiger partial charge in [-0.15, -0.1) is 0 Å². The molecule has 0 aromatic heterocycles. The second kappa shape index (κ2) is 8.17. The van der Waals surface area contributed by atoms with Crippen LogP contribution in [-0.2, 0) is 4.79 Å². The highest BCUT2D eigenvalue weighted by Gasteiger charge is 2.12. The molecule has 0 aliphatic rings. The molecule has 3 rings (SSSR count). The van der Waals surface area contributed by atoms with E-state index in [1.807, 2.05) is 91.9 Å². The van der Waals surface area contributed by atoms with Gasteiger partial charge in [-0.05, 0) is 48.4 Å². The second-order valence-electron chi connectivity index (χ2n) is 6.02. The van der Waals surface area contributed by atoms with E-state index in [0.29, 0.717) is 5.57 Å². The zero-order chi connectivity index (χ0) is 18.4. The summed E-state index contributed by atoms with van der Waals surface area (Å²) >= 11 is 0. The lowest BCUT2D eigenvalue weighted by molar-refractivity contribution is -0.111. The molecule has 26 heavy (non-hydrogen) atoms. The van der Waals surface area contributed by atoms with Gasteiger partial charge >= 0.3 is 0 Å². The number of methoxy groups -OCH3 is 1. The van der Waals surface area contributed by atoms with Crippen molar-refractivity contribution < 1.29 is 9.53 Å². The van der Waals surface area contributed by atoms with Crippen molar-refractivity contribution >= 4 is 23.2 Å². The number of hydrogen-bond donors (Lipinski definition) is 1. The van der Waals surface area contributed by atoms with Crippen molar-refractivity contribution in [1.82, 2.24) is 0 Å². The lowest BCUT2D eigenvalue weighted by Crippen LogP contribution is -2.13. The Kier molecular flexibility index (Phi) is 5.49. The molecule has 130 valence electrons. The van der Waals surface area contributed by atoms with E-state index in [2.05, 4.69) is 5.32 Å². The number of hydrogen-bond acceptors (Lipinski definition) is 2. The van der Waals surface area contributed by atoms with Gasteiger partial charge in [-0.25, -0.2) is 0 Å². The number of carbonyl (C=O) groups is 1. The molecule has 0 saturated carbocycles. The Hall–Kier alpha value is -3.33. The van der Waals surface area contributed by atoms with Gasteiger partial charge in [0.1, 0.15) is 5.75 Å². The maximum atomic E-state index is 12.9. The molecule has 3 aromatic carbocycles. The van der Waals surface area contributed by atoms with Crippen LogP contribution in [-0.4, -0.2) is 13.0 Å². The van der Waals surface area contributed by atoms with E-state index in [-0.39, 0.29) is 5.91 Å². The summed E-state index contributed by atoms with van der Waals surface area (Å²) in [5.74, 6) is 0.642. The SMILES string of the molecule is COc1ccc(C=C(C(=O)Nc2ccc(C)cc2)c2ccccc2)cc1. The van der Waals surface area contributed by atoms with Crippen LogP contribution in [0.15, 0.2) is 78.9 Å². The van der Waals surface area contributed by atoms with E-state index in [4.69, 9.17) is 4.74 Å². The van der Waals surface area contributed by atoms with Crippen molar-refractivity contribution in [3.05, 3.63) is 95.6 Å². The molecule has 1 amide bonds. The van der Waals surface area contributed by atoms with Gasteiger partial charge in [-0.1, -0.05) is 60.2 Å². The smallest absolute Gasteiger partial charge is 0.256 e. The summed E-state index contributed by atoms with van der Waals surface area (Å²) in [6.45, 7) is 2.02. The van der Waals surface area contributed by atoms with Crippen molar-refractivity contribution in [1.29, 1.82) is 0 Å². The Balaban J connectivity index is 1.93. The van der Waals surface area contributed by atoms with Crippen molar-refractivity contribution in [2.75, 3.05) is 12.4 Å². The maximum absolute atomic E-state index is 12.9. The number of carbonyl (C=O) groups excluding carboxylic acids is 1. The molecule has 0 radical (unpaired) electrons. The average Bonchev–Trinajstić information content (AvgIpc) is 2.69. The van der Waals surface area contributed by atoms with E-state index < -0.39 is 0 Å². The minimum Gasteiger partial charge on any atom is -0.497 e. The first-order valence-corrected chi connectivity index (χ1v) is 8.45. The highest BCUT2D eigenvalue weighted by Crippen LogP contribution is 2.22. The molecule has 3 heteroatoms. The molecule has 3 aromatic rings. The molecule has 1 N–H and O–H groups in total. The fraction of sp³-hybridized carbons (Fsp3) is 0.0870. The molecule has 0 saturated heterocycles. The third-order valence-corrected chi connectivity index (χ3v) is 4.07. The minimum atomic E-state index is -0.143.